The van der Waals surface area contributed by atoms with E-state index in [1.165, 1.54) is 14.2 Å². The first-order chi connectivity index (χ1) is 9.42. The van der Waals surface area contributed by atoms with E-state index in [9.17, 15) is 9.59 Å². The second kappa shape index (κ2) is 6.79. The van der Waals surface area contributed by atoms with Gasteiger partial charge >= 0.3 is 5.97 Å². The molecule has 1 aromatic carbocycles. The number of nitrogens with one attached hydrogen (secondary N) is 1. The Labute approximate surface area is 118 Å². The molecule has 6 heteroatoms. The number of anilines is 1. The van der Waals surface area contributed by atoms with Crippen molar-refractivity contribution in [2.75, 3.05) is 20.0 Å². The van der Waals surface area contributed by atoms with Crippen LogP contribution in [0, 0.1) is 5.92 Å². The molecule has 0 heterocycles. The predicted octanol–water partition coefficient (Wildman–Crippen LogP) is 1.20. The number of carbonyl (C=O) groups is 2. The van der Waals surface area contributed by atoms with Crippen molar-refractivity contribution in [3.8, 4) is 5.75 Å². The number of benzene rings is 1. The lowest BCUT2D eigenvalue weighted by Crippen LogP contribution is -2.45. The summed E-state index contributed by atoms with van der Waals surface area (Å²) in [5.74, 6) is -0.719. The van der Waals surface area contributed by atoms with Crippen molar-refractivity contribution in [1.29, 1.82) is 0 Å². The number of esters is 1. The second-order valence-corrected chi connectivity index (χ2v) is 4.64. The van der Waals surface area contributed by atoms with Crippen molar-refractivity contribution < 1.29 is 19.1 Å². The number of hydrogen-bond acceptors (Lipinski definition) is 5. The maximum absolute atomic E-state index is 12.3. The number of ether oxygens (including phenoxy) is 2. The molecule has 1 atom stereocenters. The molecule has 0 aliphatic carbocycles. The molecule has 1 unspecified atom stereocenters. The molecule has 0 aromatic heterocycles. The molecule has 3 N–H and O–H groups in total. The molecule has 0 fully saturated rings. The zero-order valence-electron chi connectivity index (χ0n) is 12.1. The van der Waals surface area contributed by atoms with Crippen LogP contribution >= 0.6 is 0 Å². The van der Waals surface area contributed by atoms with Crippen LogP contribution < -0.4 is 15.8 Å². The average molecular weight is 280 g/mol. The molecule has 0 bridgehead atoms. The molecular formula is C14H20N2O4. The van der Waals surface area contributed by atoms with E-state index in [4.69, 9.17) is 10.5 Å². The van der Waals surface area contributed by atoms with E-state index in [-0.39, 0.29) is 17.2 Å². The molecule has 0 spiro atoms. The highest BCUT2D eigenvalue weighted by Gasteiger charge is 2.27. The molecule has 110 valence electrons. The molecule has 0 aliphatic rings. The number of nitrogens with two attached hydrogens (primary N) is 1. The van der Waals surface area contributed by atoms with Crippen molar-refractivity contribution in [2.45, 2.75) is 19.9 Å². The molecule has 0 saturated heterocycles. The molecule has 0 saturated carbocycles. The smallest absolute Gasteiger partial charge is 0.328 e. The van der Waals surface area contributed by atoms with Crippen molar-refractivity contribution in [1.82, 2.24) is 5.32 Å². The summed E-state index contributed by atoms with van der Waals surface area (Å²) in [6.45, 7) is 3.63. The summed E-state index contributed by atoms with van der Waals surface area (Å²) in [5, 5.41) is 2.63. The topological polar surface area (TPSA) is 90.7 Å². The number of methoxy groups -OCH3 is 2. The molecular weight excluding hydrogens is 260 g/mol. The van der Waals surface area contributed by atoms with E-state index in [1.807, 2.05) is 13.8 Å². The summed E-state index contributed by atoms with van der Waals surface area (Å²) in [4.78, 5) is 24.0. The summed E-state index contributed by atoms with van der Waals surface area (Å²) in [6, 6.07) is 4.18. The predicted molar refractivity (Wildman–Crippen MR) is 75.5 cm³/mol. The highest BCUT2D eigenvalue weighted by atomic mass is 16.5. The van der Waals surface area contributed by atoms with E-state index in [0.29, 0.717) is 5.75 Å². The Morgan fingerprint density at radius 3 is 2.40 bits per heavy atom. The first-order valence-corrected chi connectivity index (χ1v) is 6.23. The highest BCUT2D eigenvalue weighted by molar-refractivity contribution is 6.03. The molecule has 0 radical (unpaired) electrons. The third-order valence-electron chi connectivity index (χ3n) is 2.91. The highest BCUT2D eigenvalue weighted by Crippen LogP contribution is 2.24. The fourth-order valence-electron chi connectivity index (χ4n) is 1.80. The van der Waals surface area contributed by atoms with Gasteiger partial charge in [0.1, 0.15) is 17.4 Å². The lowest BCUT2D eigenvalue weighted by Gasteiger charge is -2.21. The van der Waals surface area contributed by atoms with Crippen LogP contribution in [0.5, 0.6) is 5.75 Å². The van der Waals surface area contributed by atoms with Crippen LogP contribution in [0.4, 0.5) is 5.69 Å². The van der Waals surface area contributed by atoms with Crippen LogP contribution in [0.1, 0.15) is 24.2 Å². The Balaban J connectivity index is 3.04. The van der Waals surface area contributed by atoms with Crippen LogP contribution in [0.2, 0.25) is 0 Å². The fourth-order valence-corrected chi connectivity index (χ4v) is 1.80. The standard InChI is InChI=1S/C14H20N2O4/c1-8(2)12(14(18)20-4)16-13(17)11-9(15)6-5-7-10(11)19-3/h5-8,12H,15H2,1-4H3,(H,16,17). The van der Waals surface area contributed by atoms with Crippen molar-refractivity contribution in [2.24, 2.45) is 5.92 Å². The van der Waals surface area contributed by atoms with Crippen molar-refractivity contribution in [3.05, 3.63) is 23.8 Å². The van der Waals surface area contributed by atoms with E-state index in [1.54, 1.807) is 18.2 Å². The molecule has 1 rings (SSSR count). The zero-order chi connectivity index (χ0) is 15.3. The van der Waals surface area contributed by atoms with E-state index in [2.05, 4.69) is 10.1 Å². The van der Waals surface area contributed by atoms with Crippen molar-refractivity contribution >= 4 is 17.6 Å². The first kappa shape index (κ1) is 15.8. The van der Waals surface area contributed by atoms with Gasteiger partial charge in [-0.2, -0.15) is 0 Å². The van der Waals surface area contributed by atoms with Gasteiger partial charge in [0.2, 0.25) is 0 Å². The second-order valence-electron chi connectivity index (χ2n) is 4.64. The van der Waals surface area contributed by atoms with Gasteiger partial charge in [0, 0.05) is 5.69 Å². The average Bonchev–Trinajstić information content (AvgIpc) is 2.42. The Kier molecular flexibility index (Phi) is 5.37. The maximum Gasteiger partial charge on any atom is 0.328 e. The third-order valence-corrected chi connectivity index (χ3v) is 2.91. The Bertz CT molecular complexity index is 500. The number of rotatable bonds is 5. The van der Waals surface area contributed by atoms with Crippen molar-refractivity contribution in [3.63, 3.8) is 0 Å². The number of hydrogen-bond donors (Lipinski definition) is 2. The molecule has 6 nitrogen and oxygen atoms in total. The molecule has 0 aliphatic heterocycles. The first-order valence-electron chi connectivity index (χ1n) is 6.23. The fraction of sp³-hybridized carbons (Fsp3) is 0.429. The number of nitrogen functional groups attached to an aromatic ring is 1. The zero-order valence-corrected chi connectivity index (χ0v) is 12.1. The monoisotopic (exact) mass is 280 g/mol. The summed E-state index contributed by atoms with van der Waals surface area (Å²) in [6.07, 6.45) is 0. The van der Waals surface area contributed by atoms with Gasteiger partial charge < -0.3 is 20.5 Å². The number of amides is 1. The number of carbonyl (C=O) groups excluding carboxylic acids is 2. The van der Waals surface area contributed by atoms with Gasteiger partial charge in [-0.15, -0.1) is 0 Å². The maximum atomic E-state index is 12.3. The van der Waals surface area contributed by atoms with Gasteiger partial charge in [0.25, 0.3) is 5.91 Å². The minimum absolute atomic E-state index is 0.109. The van der Waals surface area contributed by atoms with Crippen LogP contribution in [0.3, 0.4) is 0 Å². The Morgan fingerprint density at radius 2 is 1.90 bits per heavy atom. The quantitative estimate of drug-likeness (QED) is 0.625. The molecule has 1 amide bonds. The normalized spacial score (nSPS) is 11.8. The van der Waals surface area contributed by atoms with Crippen LogP contribution in [0.15, 0.2) is 18.2 Å². The van der Waals surface area contributed by atoms with Gasteiger partial charge in [0.15, 0.2) is 0 Å². The van der Waals surface area contributed by atoms with Gasteiger partial charge in [-0.1, -0.05) is 19.9 Å². The Morgan fingerprint density at radius 1 is 1.25 bits per heavy atom. The SMILES string of the molecule is COC(=O)C(NC(=O)c1c(N)cccc1OC)C(C)C. The summed E-state index contributed by atoms with van der Waals surface area (Å²) in [5.41, 5.74) is 6.30. The summed E-state index contributed by atoms with van der Waals surface area (Å²) in [7, 11) is 2.73. The van der Waals surface area contributed by atoms with Gasteiger partial charge in [0.05, 0.1) is 14.2 Å². The summed E-state index contributed by atoms with van der Waals surface area (Å²) < 4.78 is 9.80. The van der Waals surface area contributed by atoms with E-state index >= 15 is 0 Å². The molecule has 1 aromatic rings. The van der Waals surface area contributed by atoms with E-state index in [0.717, 1.165) is 0 Å². The van der Waals surface area contributed by atoms with Gasteiger partial charge in [-0.25, -0.2) is 4.79 Å². The lowest BCUT2D eigenvalue weighted by atomic mass is 10.0. The largest absolute Gasteiger partial charge is 0.496 e. The van der Waals surface area contributed by atoms with E-state index < -0.39 is 17.9 Å². The lowest BCUT2D eigenvalue weighted by molar-refractivity contribution is -0.144. The minimum atomic E-state index is -0.739. The van der Waals surface area contributed by atoms with Crippen LogP contribution in [0.25, 0.3) is 0 Å². The molecule has 20 heavy (non-hydrogen) atoms. The Hall–Kier alpha value is -2.24. The third kappa shape index (κ3) is 3.40. The summed E-state index contributed by atoms with van der Waals surface area (Å²) >= 11 is 0. The van der Waals surface area contributed by atoms with Crippen LogP contribution in [-0.2, 0) is 9.53 Å². The van der Waals surface area contributed by atoms with Gasteiger partial charge in [-0.05, 0) is 18.1 Å². The van der Waals surface area contributed by atoms with Gasteiger partial charge in [-0.3, -0.25) is 4.79 Å². The van der Waals surface area contributed by atoms with Crippen LogP contribution in [-0.4, -0.2) is 32.1 Å². The minimum Gasteiger partial charge on any atom is -0.496 e.